The highest BCUT2D eigenvalue weighted by molar-refractivity contribution is 6.35. The van der Waals surface area contributed by atoms with Crippen LogP contribution >= 0.6 is 23.2 Å². The van der Waals surface area contributed by atoms with Crippen molar-refractivity contribution in [2.75, 3.05) is 17.7 Å². The quantitative estimate of drug-likeness (QED) is 0.338. The first-order valence-corrected chi connectivity index (χ1v) is 11.6. The number of methoxy groups -OCH3 is 1. The molecule has 9 heteroatoms. The largest absolute Gasteiger partial charge is 0.496 e. The molecule has 0 spiro atoms. The van der Waals surface area contributed by atoms with Crippen molar-refractivity contribution in [3.05, 3.63) is 99.7 Å². The summed E-state index contributed by atoms with van der Waals surface area (Å²) in [5.74, 6) is 1.30. The van der Waals surface area contributed by atoms with E-state index in [0.717, 1.165) is 5.56 Å². The van der Waals surface area contributed by atoms with Crippen LogP contribution in [-0.4, -0.2) is 27.8 Å². The van der Waals surface area contributed by atoms with Gasteiger partial charge in [-0.2, -0.15) is 4.98 Å². The van der Waals surface area contributed by atoms with Gasteiger partial charge in [-0.3, -0.25) is 4.79 Å². The number of para-hydroxylation sites is 2. The van der Waals surface area contributed by atoms with Crippen LogP contribution in [0, 0.1) is 0 Å². The number of fused-ring (bicyclic) bond motifs is 1. The molecule has 176 valence electrons. The van der Waals surface area contributed by atoms with Gasteiger partial charge in [0.25, 0.3) is 5.91 Å². The maximum atomic E-state index is 13.6. The molecule has 1 aliphatic heterocycles. The van der Waals surface area contributed by atoms with E-state index in [1.54, 1.807) is 30.0 Å². The second kappa shape index (κ2) is 9.44. The van der Waals surface area contributed by atoms with E-state index in [9.17, 15) is 4.79 Å². The first kappa shape index (κ1) is 23.0. The number of ether oxygens (including phenoxy) is 1. The summed E-state index contributed by atoms with van der Waals surface area (Å²) in [6.07, 6.45) is 0. The standard InChI is InChI=1S/C26H21Cl2N5O2/c1-15-22(25(34)30-17-8-4-3-5-9-17)23(18-13-12-16(27)14-20(18)28)33-26(29-15)31-24(32-33)19-10-6-7-11-21(19)35-2/h3-14,23H,1-2H3,(H,30,34)(H,29,31,32). The lowest BCUT2D eigenvalue weighted by molar-refractivity contribution is -0.113. The Bertz CT molecular complexity index is 1450. The zero-order valence-corrected chi connectivity index (χ0v) is 20.4. The summed E-state index contributed by atoms with van der Waals surface area (Å²) in [7, 11) is 1.60. The maximum absolute atomic E-state index is 13.6. The van der Waals surface area contributed by atoms with Crippen LogP contribution in [0.25, 0.3) is 11.4 Å². The van der Waals surface area contributed by atoms with E-state index in [-0.39, 0.29) is 5.91 Å². The molecule has 1 aromatic heterocycles. The minimum atomic E-state index is -0.643. The molecule has 1 aliphatic rings. The number of allylic oxidation sites excluding steroid dienone is 1. The van der Waals surface area contributed by atoms with Gasteiger partial charge in [-0.25, -0.2) is 4.68 Å². The third-order valence-electron chi connectivity index (χ3n) is 5.73. The predicted molar refractivity (Wildman–Crippen MR) is 138 cm³/mol. The fourth-order valence-corrected chi connectivity index (χ4v) is 4.63. The van der Waals surface area contributed by atoms with Crippen molar-refractivity contribution in [3.63, 3.8) is 0 Å². The van der Waals surface area contributed by atoms with Gasteiger partial charge in [0.05, 0.1) is 18.2 Å². The van der Waals surface area contributed by atoms with Gasteiger partial charge in [0.1, 0.15) is 11.8 Å². The van der Waals surface area contributed by atoms with Gasteiger partial charge in [0.2, 0.25) is 5.95 Å². The number of hydrogen-bond donors (Lipinski definition) is 2. The number of nitrogens with one attached hydrogen (secondary N) is 2. The zero-order chi connectivity index (χ0) is 24.5. The van der Waals surface area contributed by atoms with Gasteiger partial charge in [-0.05, 0) is 43.3 Å². The number of hydrogen-bond acceptors (Lipinski definition) is 5. The summed E-state index contributed by atoms with van der Waals surface area (Å²) in [5, 5.41) is 11.9. The van der Waals surface area contributed by atoms with Crippen molar-refractivity contribution >= 4 is 40.7 Å². The highest BCUT2D eigenvalue weighted by Crippen LogP contribution is 2.40. The number of amides is 1. The first-order chi connectivity index (χ1) is 17.0. The number of aromatic nitrogens is 3. The molecule has 2 N–H and O–H groups in total. The second-order valence-electron chi connectivity index (χ2n) is 7.96. The van der Waals surface area contributed by atoms with Gasteiger partial charge in [-0.15, -0.1) is 5.10 Å². The van der Waals surface area contributed by atoms with Crippen LogP contribution in [0.1, 0.15) is 18.5 Å². The molecule has 2 heterocycles. The molecule has 0 aliphatic carbocycles. The highest BCUT2D eigenvalue weighted by Gasteiger charge is 2.36. The van der Waals surface area contributed by atoms with E-state index in [2.05, 4.69) is 10.6 Å². The fourth-order valence-electron chi connectivity index (χ4n) is 4.12. The lowest BCUT2D eigenvalue weighted by atomic mass is 9.95. The second-order valence-corrected chi connectivity index (χ2v) is 8.80. The van der Waals surface area contributed by atoms with Gasteiger partial charge < -0.3 is 15.4 Å². The molecule has 1 atom stereocenters. The van der Waals surface area contributed by atoms with Crippen LogP contribution in [0.5, 0.6) is 5.75 Å². The number of benzene rings is 3. The fraction of sp³-hybridized carbons (Fsp3) is 0.115. The molecule has 1 amide bonds. The van der Waals surface area contributed by atoms with Gasteiger partial charge in [0, 0.05) is 27.0 Å². The third-order valence-corrected chi connectivity index (χ3v) is 6.30. The SMILES string of the molecule is COc1ccccc1-c1nc2n(n1)C(c1ccc(Cl)cc1Cl)C(C(=O)Nc1ccccc1)=C(C)N2. The summed E-state index contributed by atoms with van der Waals surface area (Å²) in [6.45, 7) is 1.83. The molecular weight excluding hydrogens is 485 g/mol. The van der Waals surface area contributed by atoms with Crippen LogP contribution in [0.3, 0.4) is 0 Å². The Morgan fingerprint density at radius 2 is 1.80 bits per heavy atom. The lowest BCUT2D eigenvalue weighted by Gasteiger charge is -2.29. The van der Waals surface area contributed by atoms with E-state index < -0.39 is 6.04 Å². The van der Waals surface area contributed by atoms with Crippen LogP contribution in [0.15, 0.2) is 84.1 Å². The third kappa shape index (κ3) is 4.36. The van der Waals surface area contributed by atoms with Crippen LogP contribution < -0.4 is 15.4 Å². The van der Waals surface area contributed by atoms with Crippen molar-refractivity contribution < 1.29 is 9.53 Å². The Kier molecular flexibility index (Phi) is 6.19. The number of rotatable bonds is 5. The highest BCUT2D eigenvalue weighted by atomic mass is 35.5. The van der Waals surface area contributed by atoms with Gasteiger partial charge in [0.15, 0.2) is 5.82 Å². The Balaban J connectivity index is 1.65. The van der Waals surface area contributed by atoms with Gasteiger partial charge >= 0.3 is 0 Å². The van der Waals surface area contributed by atoms with Crippen LogP contribution in [0.2, 0.25) is 10.0 Å². The Hall–Kier alpha value is -3.81. The molecule has 0 fully saturated rings. The zero-order valence-electron chi connectivity index (χ0n) is 18.9. The average Bonchev–Trinajstić information content (AvgIpc) is 3.27. The van der Waals surface area contributed by atoms with E-state index in [0.29, 0.717) is 50.1 Å². The molecule has 35 heavy (non-hydrogen) atoms. The molecule has 0 radical (unpaired) electrons. The molecule has 1 unspecified atom stereocenters. The molecule has 3 aromatic carbocycles. The predicted octanol–water partition coefficient (Wildman–Crippen LogP) is 6.19. The number of halogens is 2. The number of nitrogens with zero attached hydrogens (tertiary/aromatic N) is 3. The summed E-state index contributed by atoms with van der Waals surface area (Å²) < 4.78 is 7.17. The molecule has 5 rings (SSSR count). The number of anilines is 2. The normalized spacial score (nSPS) is 14.8. The Labute approximate surface area is 212 Å². The Morgan fingerprint density at radius 3 is 2.54 bits per heavy atom. The minimum absolute atomic E-state index is 0.280. The number of carbonyl (C=O) groups is 1. The summed E-state index contributed by atoms with van der Waals surface area (Å²) >= 11 is 12.8. The summed E-state index contributed by atoms with van der Waals surface area (Å²) in [5.41, 5.74) is 3.18. The maximum Gasteiger partial charge on any atom is 0.255 e. The first-order valence-electron chi connectivity index (χ1n) is 10.9. The van der Waals surface area contributed by atoms with Crippen molar-refractivity contribution in [1.29, 1.82) is 0 Å². The topological polar surface area (TPSA) is 81.1 Å². The van der Waals surface area contributed by atoms with Crippen molar-refractivity contribution in [2.24, 2.45) is 0 Å². The van der Waals surface area contributed by atoms with E-state index in [1.807, 2.05) is 61.5 Å². The molecule has 4 aromatic rings. The van der Waals surface area contributed by atoms with Crippen LogP contribution in [-0.2, 0) is 4.79 Å². The van der Waals surface area contributed by atoms with Crippen molar-refractivity contribution in [2.45, 2.75) is 13.0 Å². The lowest BCUT2D eigenvalue weighted by Crippen LogP contribution is -2.31. The monoisotopic (exact) mass is 505 g/mol. The van der Waals surface area contributed by atoms with Crippen LogP contribution in [0.4, 0.5) is 11.6 Å². The average molecular weight is 506 g/mol. The molecular formula is C26H21Cl2N5O2. The molecule has 7 nitrogen and oxygen atoms in total. The smallest absolute Gasteiger partial charge is 0.255 e. The van der Waals surface area contributed by atoms with E-state index in [4.69, 9.17) is 38.0 Å². The molecule has 0 saturated carbocycles. The van der Waals surface area contributed by atoms with E-state index in [1.165, 1.54) is 0 Å². The summed E-state index contributed by atoms with van der Waals surface area (Å²) in [6, 6.07) is 21.3. The van der Waals surface area contributed by atoms with Crippen molar-refractivity contribution in [3.8, 4) is 17.1 Å². The summed E-state index contributed by atoms with van der Waals surface area (Å²) in [4.78, 5) is 18.3. The Morgan fingerprint density at radius 1 is 1.06 bits per heavy atom. The molecule has 0 saturated heterocycles. The number of carbonyl (C=O) groups excluding carboxylic acids is 1. The minimum Gasteiger partial charge on any atom is -0.496 e. The van der Waals surface area contributed by atoms with Crippen molar-refractivity contribution in [1.82, 2.24) is 14.8 Å². The van der Waals surface area contributed by atoms with Gasteiger partial charge in [-0.1, -0.05) is 59.6 Å². The molecule has 0 bridgehead atoms. The van der Waals surface area contributed by atoms with E-state index >= 15 is 0 Å².